The molecule has 5 aromatic rings. The maximum absolute atomic E-state index is 11.8. The van der Waals surface area contributed by atoms with Crippen LogP contribution in [0, 0.1) is 0 Å². The van der Waals surface area contributed by atoms with Gasteiger partial charge in [-0.05, 0) is 43.9 Å². The van der Waals surface area contributed by atoms with Gasteiger partial charge in [0.1, 0.15) is 5.65 Å². The first-order chi connectivity index (χ1) is 17.0. The molecule has 35 heavy (non-hydrogen) atoms. The number of para-hydroxylation sites is 1. The highest BCUT2D eigenvalue weighted by Gasteiger charge is 2.43. The van der Waals surface area contributed by atoms with E-state index in [0.717, 1.165) is 39.2 Å². The number of aromatic nitrogens is 6. The molecule has 9 heteroatoms. The lowest BCUT2D eigenvalue weighted by atomic mass is 9.77. The molecule has 0 saturated heterocycles. The van der Waals surface area contributed by atoms with Gasteiger partial charge in [-0.1, -0.05) is 18.2 Å². The number of hydrogen-bond acceptors (Lipinski definition) is 5. The summed E-state index contributed by atoms with van der Waals surface area (Å²) in [4.78, 5) is 17.0. The van der Waals surface area contributed by atoms with Crippen LogP contribution in [0.3, 0.4) is 0 Å². The first-order valence-corrected chi connectivity index (χ1v) is 11.7. The van der Waals surface area contributed by atoms with Gasteiger partial charge in [0.2, 0.25) is 0 Å². The van der Waals surface area contributed by atoms with Crippen LogP contribution in [0.4, 0.5) is 0 Å². The SMILES string of the molecule is COC1(C(=O)O)CCC(c2nc3c(-c4cnn(-c5ccccc5)c4)cnn3c3c2ccn3C)CC1. The van der Waals surface area contributed by atoms with Crippen LogP contribution in [0.2, 0.25) is 0 Å². The van der Waals surface area contributed by atoms with Gasteiger partial charge >= 0.3 is 5.97 Å². The molecule has 1 saturated carbocycles. The summed E-state index contributed by atoms with van der Waals surface area (Å²) in [5, 5.41) is 20.0. The molecular formula is C26H26N6O3. The minimum atomic E-state index is -1.11. The van der Waals surface area contributed by atoms with Gasteiger partial charge < -0.3 is 14.4 Å². The quantitative estimate of drug-likeness (QED) is 0.413. The third kappa shape index (κ3) is 3.34. The zero-order valence-electron chi connectivity index (χ0n) is 19.6. The molecule has 1 aliphatic rings. The Kier molecular flexibility index (Phi) is 4.96. The highest BCUT2D eigenvalue weighted by molar-refractivity contribution is 5.87. The van der Waals surface area contributed by atoms with E-state index in [-0.39, 0.29) is 5.92 Å². The van der Waals surface area contributed by atoms with E-state index >= 15 is 0 Å². The van der Waals surface area contributed by atoms with Crippen molar-refractivity contribution in [2.24, 2.45) is 7.05 Å². The topological polar surface area (TPSA) is 99.5 Å². The number of ether oxygens (including phenoxy) is 1. The minimum absolute atomic E-state index is 0.141. The van der Waals surface area contributed by atoms with Gasteiger partial charge in [-0.3, -0.25) is 0 Å². The van der Waals surface area contributed by atoms with Crippen molar-refractivity contribution in [3.63, 3.8) is 0 Å². The Labute approximate surface area is 201 Å². The number of carbonyl (C=O) groups is 1. The van der Waals surface area contributed by atoms with Gasteiger partial charge in [0.15, 0.2) is 11.2 Å². The smallest absolute Gasteiger partial charge is 0.335 e. The third-order valence-electron chi connectivity index (χ3n) is 7.36. The number of nitrogens with zero attached hydrogens (tertiary/aromatic N) is 6. The molecule has 0 amide bonds. The van der Waals surface area contributed by atoms with E-state index in [9.17, 15) is 9.90 Å². The molecule has 6 rings (SSSR count). The molecule has 0 unspecified atom stereocenters. The predicted molar refractivity (Wildman–Crippen MR) is 131 cm³/mol. The fourth-order valence-corrected chi connectivity index (χ4v) is 5.33. The van der Waals surface area contributed by atoms with Gasteiger partial charge in [0.25, 0.3) is 0 Å². The maximum atomic E-state index is 11.8. The van der Waals surface area contributed by atoms with Crippen LogP contribution in [0.15, 0.2) is 61.2 Å². The molecule has 1 aliphatic carbocycles. The number of rotatable bonds is 5. The maximum Gasteiger partial charge on any atom is 0.335 e. The van der Waals surface area contributed by atoms with Crippen molar-refractivity contribution in [1.82, 2.24) is 28.9 Å². The molecule has 0 aliphatic heterocycles. The van der Waals surface area contributed by atoms with Crippen molar-refractivity contribution in [1.29, 1.82) is 0 Å². The summed E-state index contributed by atoms with van der Waals surface area (Å²) in [6, 6.07) is 12.0. The molecule has 0 atom stereocenters. The average molecular weight is 471 g/mol. The second kappa shape index (κ2) is 8.06. The Bertz CT molecular complexity index is 1540. The number of hydrogen-bond donors (Lipinski definition) is 1. The van der Waals surface area contributed by atoms with Crippen LogP contribution >= 0.6 is 0 Å². The van der Waals surface area contributed by atoms with Gasteiger partial charge in [-0.2, -0.15) is 14.7 Å². The van der Waals surface area contributed by atoms with Crippen molar-refractivity contribution >= 4 is 22.6 Å². The van der Waals surface area contributed by atoms with Crippen LogP contribution in [0.1, 0.15) is 37.3 Å². The van der Waals surface area contributed by atoms with Crippen molar-refractivity contribution in [2.75, 3.05) is 7.11 Å². The summed E-state index contributed by atoms with van der Waals surface area (Å²) in [5.41, 5.74) is 4.44. The van der Waals surface area contributed by atoms with E-state index in [1.165, 1.54) is 7.11 Å². The minimum Gasteiger partial charge on any atom is -0.479 e. The van der Waals surface area contributed by atoms with E-state index in [4.69, 9.17) is 9.72 Å². The van der Waals surface area contributed by atoms with Gasteiger partial charge in [-0.15, -0.1) is 0 Å². The Morgan fingerprint density at radius 1 is 1.11 bits per heavy atom. The predicted octanol–water partition coefficient (Wildman–Crippen LogP) is 4.20. The molecule has 9 nitrogen and oxygen atoms in total. The lowest BCUT2D eigenvalue weighted by molar-refractivity contribution is -0.166. The molecule has 0 radical (unpaired) electrons. The zero-order valence-corrected chi connectivity index (χ0v) is 19.6. The first kappa shape index (κ1) is 21.5. The number of carboxylic acid groups (broad SMARTS) is 1. The molecule has 0 bridgehead atoms. The summed E-state index contributed by atoms with van der Waals surface area (Å²) < 4.78 is 11.2. The fraction of sp³-hybridized carbons (Fsp3) is 0.308. The summed E-state index contributed by atoms with van der Waals surface area (Å²) in [7, 11) is 3.49. The summed E-state index contributed by atoms with van der Waals surface area (Å²) in [6.45, 7) is 0. The largest absolute Gasteiger partial charge is 0.479 e. The lowest BCUT2D eigenvalue weighted by Crippen LogP contribution is -2.43. The first-order valence-electron chi connectivity index (χ1n) is 11.7. The van der Waals surface area contributed by atoms with Crippen LogP contribution in [0.5, 0.6) is 0 Å². The van der Waals surface area contributed by atoms with Crippen molar-refractivity contribution < 1.29 is 14.6 Å². The standard InChI is InChI=1S/C26H26N6O3/c1-30-13-10-20-22(17-8-11-26(35-2,12-9-17)25(33)34)29-23-21(15-28-32(23)24(20)30)18-14-27-31(16-18)19-6-4-3-5-7-19/h3-7,10,13-17H,8-9,11-12H2,1-2H3,(H,33,34). The Morgan fingerprint density at radius 2 is 1.89 bits per heavy atom. The summed E-state index contributed by atoms with van der Waals surface area (Å²) in [5.74, 6) is -0.748. The van der Waals surface area contributed by atoms with Gasteiger partial charge in [0.05, 0.1) is 23.8 Å². The fourth-order valence-electron chi connectivity index (χ4n) is 5.33. The highest BCUT2D eigenvalue weighted by Crippen LogP contribution is 2.42. The number of fused-ring (bicyclic) bond motifs is 3. The Balaban J connectivity index is 1.45. The zero-order chi connectivity index (χ0) is 24.2. The van der Waals surface area contributed by atoms with Crippen LogP contribution in [0.25, 0.3) is 33.5 Å². The second-order valence-electron chi connectivity index (χ2n) is 9.24. The number of methoxy groups -OCH3 is 1. The number of aliphatic carboxylic acids is 1. The molecule has 4 aromatic heterocycles. The van der Waals surface area contributed by atoms with E-state index in [0.29, 0.717) is 25.7 Å². The van der Waals surface area contributed by atoms with Crippen LogP contribution in [-0.2, 0) is 16.6 Å². The molecule has 1 fully saturated rings. The molecule has 1 N–H and O–H groups in total. The number of carboxylic acids is 1. The van der Waals surface area contributed by atoms with Crippen molar-refractivity contribution in [3.8, 4) is 16.8 Å². The van der Waals surface area contributed by atoms with E-state index in [1.807, 2.05) is 71.4 Å². The van der Waals surface area contributed by atoms with Crippen LogP contribution in [-0.4, -0.2) is 52.7 Å². The molecule has 4 heterocycles. The highest BCUT2D eigenvalue weighted by atomic mass is 16.5. The average Bonchev–Trinajstić information content (AvgIpc) is 3.62. The third-order valence-corrected chi connectivity index (χ3v) is 7.36. The van der Waals surface area contributed by atoms with E-state index in [2.05, 4.69) is 20.8 Å². The van der Waals surface area contributed by atoms with Gasteiger partial charge in [0, 0.05) is 49.0 Å². The van der Waals surface area contributed by atoms with E-state index in [1.54, 1.807) is 0 Å². The van der Waals surface area contributed by atoms with Crippen molar-refractivity contribution in [2.45, 2.75) is 37.2 Å². The molecule has 0 spiro atoms. The Morgan fingerprint density at radius 3 is 2.60 bits per heavy atom. The molecular weight excluding hydrogens is 444 g/mol. The van der Waals surface area contributed by atoms with Gasteiger partial charge in [-0.25, -0.2) is 14.5 Å². The van der Waals surface area contributed by atoms with Crippen molar-refractivity contribution in [3.05, 3.63) is 66.9 Å². The summed E-state index contributed by atoms with van der Waals surface area (Å²) in [6.07, 6.45) is 9.99. The molecule has 1 aromatic carbocycles. The molecule has 178 valence electrons. The monoisotopic (exact) mass is 470 g/mol. The normalized spacial score (nSPS) is 20.6. The van der Waals surface area contributed by atoms with Crippen LogP contribution < -0.4 is 0 Å². The summed E-state index contributed by atoms with van der Waals surface area (Å²) >= 11 is 0. The number of benzene rings is 1. The Hall–Kier alpha value is -3.98. The number of aryl methyl sites for hydroxylation is 1. The lowest BCUT2D eigenvalue weighted by Gasteiger charge is -2.35. The van der Waals surface area contributed by atoms with E-state index < -0.39 is 11.6 Å². The second-order valence-corrected chi connectivity index (χ2v) is 9.24.